The molecule has 1 saturated heterocycles. The van der Waals surface area contributed by atoms with E-state index in [0.29, 0.717) is 40.2 Å². The van der Waals surface area contributed by atoms with Crippen LogP contribution >= 0.6 is 0 Å². The normalized spacial score (nSPS) is 21.8. The maximum atomic E-state index is 14.4. The zero-order valence-corrected chi connectivity index (χ0v) is 42.3. The molecule has 5 atom stereocenters. The first kappa shape index (κ1) is 51.0. The van der Waals surface area contributed by atoms with Gasteiger partial charge in [-0.05, 0) is 89.5 Å². The minimum Gasteiger partial charge on any atom is -0.664 e. The van der Waals surface area contributed by atoms with Gasteiger partial charge in [0.15, 0.2) is 5.78 Å². The number of carbonyl (C=O) groups excluding carboxylic acids is 3. The van der Waals surface area contributed by atoms with Gasteiger partial charge in [-0.1, -0.05) is 150 Å². The second kappa shape index (κ2) is 22.9. The van der Waals surface area contributed by atoms with Crippen molar-refractivity contribution in [2.45, 2.75) is 159 Å². The molecule has 3 aromatic heterocycles. The van der Waals surface area contributed by atoms with Gasteiger partial charge in [0.05, 0.1) is 7.11 Å². The first-order chi connectivity index (χ1) is 30.2. The standard InChI is InChI=1S/C54H73N4O5.Mg/c1-12-15-16-19-31(4)20-17-21-32(5)22-18-23-33(6)26-27-63-47(59)25-24-40-36(9)43-28-41-34(7)38(13-2)45(55-41)29-42-35(8)39(14-3)46(56-42)30-44-37(10)48-52(58-44)49(51(40)57-43)50(53(48)60)54(61)62-11;/h26,28-32,36,40,50H,12-25,27H2,1-11H3,(H-,57,58,60);/q-3;+2/p-1/b33-26+,42-29-,43-28-,46-30-;/t31-,32-,36+,40+,50-;/m1./s1. The van der Waals surface area contributed by atoms with Gasteiger partial charge >= 0.3 is 35.0 Å². The number of hydrogen-bond donors (Lipinski definition) is 0. The molecule has 0 N–H and O–H groups in total. The zero-order chi connectivity index (χ0) is 45.5. The van der Waals surface area contributed by atoms with Gasteiger partial charge in [-0.25, -0.2) is 0 Å². The molecule has 0 saturated carbocycles. The topological polar surface area (TPSA) is 126 Å². The van der Waals surface area contributed by atoms with E-state index in [4.69, 9.17) is 29.7 Å². The van der Waals surface area contributed by atoms with Crippen molar-refractivity contribution in [3.05, 3.63) is 95.2 Å². The largest absolute Gasteiger partial charge is 2.00 e. The van der Waals surface area contributed by atoms with Crippen molar-refractivity contribution in [3.63, 3.8) is 0 Å². The summed E-state index contributed by atoms with van der Waals surface area (Å²) in [5, 5.41) is 6.93. The molecule has 8 bridgehead atoms. The van der Waals surface area contributed by atoms with Gasteiger partial charge in [0, 0.05) is 12.0 Å². The molecule has 0 unspecified atom stereocenters. The summed E-state index contributed by atoms with van der Waals surface area (Å²) >= 11 is 0. The van der Waals surface area contributed by atoms with Crippen molar-refractivity contribution >= 4 is 64.6 Å². The average Bonchev–Trinajstić information content (AvgIpc) is 4.00. The van der Waals surface area contributed by atoms with Gasteiger partial charge in [0.1, 0.15) is 12.5 Å². The van der Waals surface area contributed by atoms with Crippen LogP contribution in [0, 0.1) is 50.4 Å². The summed E-state index contributed by atoms with van der Waals surface area (Å²) in [5.41, 5.74) is 11.4. The van der Waals surface area contributed by atoms with E-state index < -0.39 is 11.9 Å². The minimum absolute atomic E-state index is 0. The Kier molecular flexibility index (Phi) is 18.3. The average molecular weight is 881 g/mol. The third-order valence-electron chi connectivity index (χ3n) is 14.3. The van der Waals surface area contributed by atoms with E-state index in [-0.39, 0.29) is 59.7 Å². The smallest absolute Gasteiger partial charge is 0.664 e. The van der Waals surface area contributed by atoms with Crippen LogP contribution in [0.15, 0.2) is 23.0 Å². The second-order valence-corrected chi connectivity index (χ2v) is 18.8. The maximum absolute atomic E-state index is 14.4. The van der Waals surface area contributed by atoms with E-state index >= 15 is 0 Å². The summed E-state index contributed by atoms with van der Waals surface area (Å²) in [6.45, 7) is 21.8. The Morgan fingerprint density at radius 3 is 2.11 bits per heavy atom. The molecule has 10 heteroatoms. The van der Waals surface area contributed by atoms with Crippen molar-refractivity contribution in [2.24, 2.45) is 29.6 Å². The summed E-state index contributed by atoms with van der Waals surface area (Å²) in [6.07, 6.45) is 22.9. The number of fused-ring (bicyclic) bond motifs is 7. The second-order valence-electron chi connectivity index (χ2n) is 18.8. The number of unbranched alkanes of at least 4 members (excludes halogenated alkanes) is 2. The van der Waals surface area contributed by atoms with Crippen molar-refractivity contribution in [2.75, 3.05) is 13.7 Å². The van der Waals surface area contributed by atoms with E-state index in [1.165, 1.54) is 64.0 Å². The summed E-state index contributed by atoms with van der Waals surface area (Å²) in [7, 11) is 1.30. The summed E-state index contributed by atoms with van der Waals surface area (Å²) < 4.78 is 11.1. The molecule has 1 fully saturated rings. The molecule has 1 aliphatic carbocycles. The first-order valence-electron chi connectivity index (χ1n) is 24.0. The molecule has 9 nitrogen and oxygen atoms in total. The molecule has 5 heterocycles. The monoisotopic (exact) mass is 881 g/mol. The molecule has 0 aromatic carbocycles. The fourth-order valence-electron chi connectivity index (χ4n) is 10.2. The summed E-state index contributed by atoms with van der Waals surface area (Å²) in [4.78, 5) is 56.7. The Hall–Kier alpha value is -4.02. The number of Topliss-reactive ketones (excluding diaryl/α,β-unsaturated/α-hetero) is 1. The van der Waals surface area contributed by atoms with Crippen molar-refractivity contribution < 1.29 is 23.9 Å². The van der Waals surface area contributed by atoms with Gasteiger partial charge in [-0.2, -0.15) is 11.4 Å². The number of hydrogen-bond acceptors (Lipinski definition) is 5. The number of rotatable bonds is 20. The van der Waals surface area contributed by atoms with Crippen LogP contribution < -0.4 is 25.7 Å². The number of nitrogens with zero attached hydrogens (tertiary/aromatic N) is 4. The number of carbonyl (C=O) groups is 3. The Balaban J connectivity index is 0.00000771. The number of aromatic nitrogens is 3. The van der Waals surface area contributed by atoms with Crippen LogP contribution in [0.5, 0.6) is 0 Å². The van der Waals surface area contributed by atoms with Gasteiger partial charge in [0.25, 0.3) is 0 Å². The van der Waals surface area contributed by atoms with Crippen LogP contribution in [-0.4, -0.2) is 54.5 Å². The molecule has 3 aliphatic rings. The van der Waals surface area contributed by atoms with Crippen LogP contribution in [0.2, 0.25) is 0 Å². The zero-order valence-electron chi connectivity index (χ0n) is 40.8. The predicted molar refractivity (Wildman–Crippen MR) is 259 cm³/mol. The van der Waals surface area contributed by atoms with Crippen LogP contribution in [-0.2, 0) is 31.9 Å². The van der Waals surface area contributed by atoms with Gasteiger partial charge in [-0.15, -0.1) is 33.5 Å². The number of esters is 2. The fourth-order valence-corrected chi connectivity index (χ4v) is 10.2. The SMILES string of the molecule is CCCCC[C@@H](C)CCC[C@@H](C)CCC/C(C)=C/COC(=O)CC[C@@H]1/C2=C3/c4[n-]c(c(C)c4C(=O)[C@@H]3C(=O)OC)/C=c3\[n-]/c(c(C)c3CC)=C\c3[n-]c(c(C)c3CC)/C=C(\[N-]2)[C@H]1C.[Mg+2]. The van der Waals surface area contributed by atoms with Crippen LogP contribution in [0.1, 0.15) is 186 Å². The van der Waals surface area contributed by atoms with E-state index in [0.717, 1.165) is 87.6 Å². The number of allylic oxidation sites excluding steroid dienone is 3. The molecular weight excluding hydrogens is 809 g/mol. The maximum Gasteiger partial charge on any atom is 2.00 e. The Labute approximate surface area is 399 Å². The Bertz CT molecular complexity index is 2390. The fraction of sp³-hybridized carbons (Fsp3) is 0.574. The number of methoxy groups -OCH3 is 1. The molecule has 64 heavy (non-hydrogen) atoms. The van der Waals surface area contributed by atoms with Gasteiger partial charge in [0.2, 0.25) is 0 Å². The molecular formula is C54H72MgN4O5-2. The molecule has 6 rings (SSSR count). The van der Waals surface area contributed by atoms with Gasteiger partial charge < -0.3 is 29.7 Å². The van der Waals surface area contributed by atoms with Crippen LogP contribution in [0.3, 0.4) is 0 Å². The minimum atomic E-state index is -1.21. The first-order valence-corrected chi connectivity index (χ1v) is 24.0. The number of ether oxygens (including phenoxy) is 2. The molecule has 2 aliphatic heterocycles. The van der Waals surface area contributed by atoms with Gasteiger partial charge in [-0.3, -0.25) is 14.4 Å². The summed E-state index contributed by atoms with van der Waals surface area (Å²) in [5.74, 6) is -1.39. The number of ketones is 1. The molecule has 0 radical (unpaired) electrons. The van der Waals surface area contributed by atoms with Crippen molar-refractivity contribution in [1.29, 1.82) is 0 Å². The van der Waals surface area contributed by atoms with Crippen LogP contribution in [0.4, 0.5) is 0 Å². The van der Waals surface area contributed by atoms with Crippen molar-refractivity contribution in [3.8, 4) is 0 Å². The van der Waals surface area contributed by atoms with E-state index in [1.807, 2.05) is 25.2 Å². The third-order valence-corrected chi connectivity index (χ3v) is 14.3. The molecule has 0 amide bonds. The quantitative estimate of drug-likeness (QED) is 0.0361. The molecule has 3 aromatic rings. The van der Waals surface area contributed by atoms with Crippen molar-refractivity contribution in [1.82, 2.24) is 15.0 Å². The van der Waals surface area contributed by atoms with E-state index in [9.17, 15) is 14.4 Å². The molecule has 342 valence electrons. The molecule has 0 spiro atoms. The summed E-state index contributed by atoms with van der Waals surface area (Å²) in [6, 6.07) is 0. The predicted octanol–water partition coefficient (Wildman–Crippen LogP) is 10.0. The Morgan fingerprint density at radius 1 is 0.781 bits per heavy atom. The van der Waals surface area contributed by atoms with Crippen LogP contribution in [0.25, 0.3) is 29.1 Å². The third kappa shape index (κ3) is 11.1. The van der Waals surface area contributed by atoms with E-state index in [1.54, 1.807) is 0 Å². The van der Waals surface area contributed by atoms with E-state index in [2.05, 4.69) is 68.4 Å². The Morgan fingerprint density at radius 2 is 1.44 bits per heavy atom.